The first-order valence-electron chi connectivity index (χ1n) is 13.4. The predicted octanol–water partition coefficient (Wildman–Crippen LogP) is 5.29. The van der Waals surface area contributed by atoms with Crippen molar-refractivity contribution >= 4 is 17.4 Å². The minimum Gasteiger partial charge on any atom is -0.394 e. The Morgan fingerprint density at radius 3 is 2.09 bits per heavy atom. The molecule has 0 bridgehead atoms. The number of aromatic nitrogens is 1. The molecule has 1 aliphatic rings. The van der Waals surface area contributed by atoms with Gasteiger partial charge in [-0.05, 0) is 73.4 Å². The molecule has 1 aliphatic heterocycles. The Morgan fingerprint density at radius 2 is 1.55 bits per heavy atom. The van der Waals surface area contributed by atoms with Crippen LogP contribution < -0.4 is 9.80 Å². The summed E-state index contributed by atoms with van der Waals surface area (Å²) in [7, 11) is 1.25. The van der Waals surface area contributed by atoms with E-state index in [2.05, 4.69) is 4.98 Å². The first kappa shape index (κ1) is 33.1. The molecule has 3 aromatic rings. The molecule has 1 saturated heterocycles. The molecular formula is C30H30F7N3O4. The number of rotatable bonds is 7. The first-order valence-corrected chi connectivity index (χ1v) is 13.4. The van der Waals surface area contributed by atoms with Gasteiger partial charge in [-0.1, -0.05) is 6.07 Å². The van der Waals surface area contributed by atoms with E-state index in [1.807, 2.05) is 0 Å². The van der Waals surface area contributed by atoms with Crippen LogP contribution in [0.15, 0.2) is 48.7 Å². The van der Waals surface area contributed by atoms with Gasteiger partial charge in [0, 0.05) is 19.2 Å². The number of carbonyl (C=O) groups is 1. The molecular weight excluding hydrogens is 599 g/mol. The lowest BCUT2D eigenvalue weighted by atomic mass is 9.81. The van der Waals surface area contributed by atoms with E-state index in [9.17, 15) is 50.8 Å². The van der Waals surface area contributed by atoms with Crippen molar-refractivity contribution in [2.45, 2.75) is 56.8 Å². The number of alkyl halides is 6. The summed E-state index contributed by atoms with van der Waals surface area (Å²) in [5.41, 5.74) is -5.07. The average molecular weight is 630 g/mol. The number of β-amino-alcohol motifs (C(OH)–C–C–N with tert-alkyl or cyclic N) is 1. The van der Waals surface area contributed by atoms with Crippen LogP contribution in [0, 0.1) is 5.82 Å². The van der Waals surface area contributed by atoms with E-state index in [-0.39, 0.29) is 53.8 Å². The van der Waals surface area contributed by atoms with E-state index < -0.39 is 64.9 Å². The maximum Gasteiger partial charge on any atom is 0.416 e. The van der Waals surface area contributed by atoms with Crippen molar-refractivity contribution in [3.05, 3.63) is 76.7 Å². The number of amides is 1. The highest BCUT2D eigenvalue weighted by molar-refractivity contribution is 6.03. The number of anilines is 2. The molecule has 0 aliphatic carbocycles. The van der Waals surface area contributed by atoms with Gasteiger partial charge in [-0.25, -0.2) is 9.37 Å². The summed E-state index contributed by atoms with van der Waals surface area (Å²) in [5.74, 6) is -1.36. The Bertz CT molecular complexity index is 1510. The molecule has 2 heterocycles. The van der Waals surface area contributed by atoms with Crippen LogP contribution in [0.5, 0.6) is 0 Å². The van der Waals surface area contributed by atoms with Crippen molar-refractivity contribution in [2.24, 2.45) is 0 Å². The molecule has 238 valence electrons. The zero-order chi connectivity index (χ0) is 32.8. The van der Waals surface area contributed by atoms with Crippen molar-refractivity contribution in [3.63, 3.8) is 0 Å². The number of aliphatic hydroxyl groups is 3. The van der Waals surface area contributed by atoms with Crippen molar-refractivity contribution < 1.29 is 50.8 Å². The standard InChI is InChI=1S/C30H30F7N3O4/c1-28(2,17-6-18(29(32,33)34)8-19(7-17)30(35,36)37)27(44)39(3)25-12-38-26(40-13-22(43)10-21(40)15-42)11-24(25)23-9-20(31)5-4-16(23)14-41/h4-9,11-12,21-22,41-43H,10,13-15H2,1-3H3/t21-,22-/m0/s1. The molecule has 0 unspecified atom stereocenters. The van der Waals surface area contributed by atoms with Crippen LogP contribution >= 0.6 is 0 Å². The lowest BCUT2D eigenvalue weighted by molar-refractivity contribution is -0.143. The molecule has 7 nitrogen and oxygen atoms in total. The number of aliphatic hydroxyl groups excluding tert-OH is 3. The summed E-state index contributed by atoms with van der Waals surface area (Å²) in [4.78, 5) is 20.9. The lowest BCUT2D eigenvalue weighted by Crippen LogP contribution is -2.42. The number of pyridine rings is 1. The molecule has 1 aromatic heterocycles. The third kappa shape index (κ3) is 6.52. The second-order valence-electron chi connectivity index (χ2n) is 11.2. The van der Waals surface area contributed by atoms with Crippen molar-refractivity contribution in [3.8, 4) is 11.1 Å². The van der Waals surface area contributed by atoms with E-state index in [1.54, 1.807) is 4.90 Å². The highest BCUT2D eigenvalue weighted by Gasteiger charge is 2.41. The minimum absolute atomic E-state index is 0.00967. The Balaban J connectivity index is 1.86. The predicted molar refractivity (Wildman–Crippen MR) is 147 cm³/mol. The van der Waals surface area contributed by atoms with Crippen LogP contribution in [-0.4, -0.2) is 58.6 Å². The van der Waals surface area contributed by atoms with Crippen molar-refractivity contribution in [2.75, 3.05) is 30.0 Å². The zero-order valence-corrected chi connectivity index (χ0v) is 23.8. The molecule has 14 heteroatoms. The number of nitrogens with zero attached hydrogens (tertiary/aromatic N) is 3. The second-order valence-corrected chi connectivity index (χ2v) is 11.2. The van der Waals surface area contributed by atoms with Crippen LogP contribution in [0.25, 0.3) is 11.1 Å². The van der Waals surface area contributed by atoms with Gasteiger partial charge in [-0.3, -0.25) is 4.79 Å². The number of carbonyl (C=O) groups excluding carboxylic acids is 1. The third-order valence-corrected chi connectivity index (χ3v) is 7.81. The van der Waals surface area contributed by atoms with Gasteiger partial charge in [0.25, 0.3) is 0 Å². The van der Waals surface area contributed by atoms with Crippen LogP contribution in [0.2, 0.25) is 0 Å². The van der Waals surface area contributed by atoms with E-state index in [4.69, 9.17) is 0 Å². The highest BCUT2D eigenvalue weighted by Crippen LogP contribution is 2.42. The summed E-state index contributed by atoms with van der Waals surface area (Å²) in [6.45, 7) is 1.61. The second kappa shape index (κ2) is 12.0. The molecule has 1 amide bonds. The first-order chi connectivity index (χ1) is 20.4. The third-order valence-electron chi connectivity index (χ3n) is 7.81. The normalized spacial score (nSPS) is 17.7. The topological polar surface area (TPSA) is 97.1 Å². The number of likely N-dealkylation sites (N-methyl/N-ethyl adjacent to an activating group) is 1. The van der Waals surface area contributed by atoms with Gasteiger partial charge in [0.1, 0.15) is 11.6 Å². The molecule has 3 N–H and O–H groups in total. The van der Waals surface area contributed by atoms with Crippen LogP contribution in [-0.2, 0) is 29.2 Å². The largest absolute Gasteiger partial charge is 0.416 e. The van der Waals surface area contributed by atoms with Crippen molar-refractivity contribution in [1.82, 2.24) is 4.98 Å². The summed E-state index contributed by atoms with van der Waals surface area (Å²) in [6, 6.07) is 5.43. The van der Waals surface area contributed by atoms with E-state index in [0.29, 0.717) is 12.1 Å². The quantitative estimate of drug-likeness (QED) is 0.308. The molecule has 0 radical (unpaired) electrons. The molecule has 0 spiro atoms. The van der Waals surface area contributed by atoms with Gasteiger partial charge < -0.3 is 25.1 Å². The maximum atomic E-state index is 14.5. The molecule has 0 saturated carbocycles. The van der Waals surface area contributed by atoms with Crippen molar-refractivity contribution in [1.29, 1.82) is 0 Å². The fourth-order valence-electron chi connectivity index (χ4n) is 5.33. The number of hydrogen-bond donors (Lipinski definition) is 3. The fraction of sp³-hybridized carbons (Fsp3) is 0.400. The lowest BCUT2D eigenvalue weighted by Gasteiger charge is -2.32. The Morgan fingerprint density at radius 1 is 0.955 bits per heavy atom. The van der Waals surface area contributed by atoms with Gasteiger partial charge in [-0.2, -0.15) is 26.3 Å². The van der Waals surface area contributed by atoms with Gasteiger partial charge in [0.05, 0.1) is 53.8 Å². The highest BCUT2D eigenvalue weighted by atomic mass is 19.4. The SMILES string of the molecule is CN(C(=O)C(C)(C)c1cc(C(F)(F)F)cc(C(F)(F)F)c1)c1cnc(N2C[C@@H](O)C[C@H]2CO)cc1-c1cc(F)ccc1CO. The summed E-state index contributed by atoms with van der Waals surface area (Å²) < 4.78 is 95.9. The van der Waals surface area contributed by atoms with E-state index in [0.717, 1.165) is 17.0 Å². The number of hydrogen-bond acceptors (Lipinski definition) is 6. The summed E-state index contributed by atoms with van der Waals surface area (Å²) in [5, 5.41) is 30.0. The summed E-state index contributed by atoms with van der Waals surface area (Å²) in [6.07, 6.45) is -9.57. The van der Waals surface area contributed by atoms with Gasteiger partial charge in [-0.15, -0.1) is 0 Å². The van der Waals surface area contributed by atoms with Gasteiger partial charge in [0.15, 0.2) is 0 Å². The monoisotopic (exact) mass is 629 g/mol. The number of benzene rings is 2. The van der Waals surface area contributed by atoms with Gasteiger partial charge >= 0.3 is 12.4 Å². The van der Waals surface area contributed by atoms with Crippen LogP contribution in [0.1, 0.15) is 42.5 Å². The Labute approximate surface area is 248 Å². The molecule has 44 heavy (non-hydrogen) atoms. The summed E-state index contributed by atoms with van der Waals surface area (Å²) >= 11 is 0. The molecule has 2 aromatic carbocycles. The molecule has 4 rings (SSSR count). The van der Waals surface area contributed by atoms with Crippen LogP contribution in [0.4, 0.5) is 42.2 Å². The Kier molecular flexibility index (Phi) is 9.02. The van der Waals surface area contributed by atoms with Gasteiger partial charge in [0.2, 0.25) is 5.91 Å². The minimum atomic E-state index is -5.12. The van der Waals surface area contributed by atoms with E-state index >= 15 is 0 Å². The Hall–Kier alpha value is -3.75. The fourth-order valence-corrected chi connectivity index (χ4v) is 5.33. The average Bonchev–Trinajstić information content (AvgIpc) is 3.35. The number of halogens is 7. The maximum absolute atomic E-state index is 14.5. The zero-order valence-electron chi connectivity index (χ0n) is 23.8. The smallest absolute Gasteiger partial charge is 0.394 e. The van der Waals surface area contributed by atoms with Crippen LogP contribution in [0.3, 0.4) is 0 Å². The molecule has 2 atom stereocenters. The van der Waals surface area contributed by atoms with E-state index in [1.165, 1.54) is 39.2 Å². The molecule has 1 fully saturated rings.